The second-order valence-electron chi connectivity index (χ2n) is 4.14. The summed E-state index contributed by atoms with van der Waals surface area (Å²) in [5.74, 6) is 0.355. The Hall–Kier alpha value is -1.61. The van der Waals surface area contributed by atoms with Gasteiger partial charge in [-0.1, -0.05) is 13.8 Å². The molecule has 6 heteroatoms. The summed E-state index contributed by atoms with van der Waals surface area (Å²) in [6.07, 6.45) is 0. The summed E-state index contributed by atoms with van der Waals surface area (Å²) in [7, 11) is 0. The quantitative estimate of drug-likeness (QED) is 0.832. The average molecular weight is 252 g/mol. The number of hydrogen-bond acceptors (Lipinski definition) is 5. The minimum absolute atomic E-state index is 0.0753. The number of aromatic nitrogens is 1. The topological polar surface area (TPSA) is 77.8 Å². The van der Waals surface area contributed by atoms with Gasteiger partial charge in [-0.3, -0.25) is 4.79 Å². The van der Waals surface area contributed by atoms with E-state index in [0.717, 1.165) is 0 Å². The van der Waals surface area contributed by atoms with Crippen molar-refractivity contribution in [3.63, 3.8) is 0 Å². The lowest BCUT2D eigenvalue weighted by Crippen LogP contribution is -2.32. The fraction of sp³-hybridized carbons (Fsp3) is 0.545. The number of anilines is 1. The van der Waals surface area contributed by atoms with Crippen molar-refractivity contribution in [3.05, 3.63) is 11.3 Å². The Morgan fingerprint density at radius 1 is 1.59 bits per heavy atom. The van der Waals surface area contributed by atoms with Gasteiger partial charge in [-0.15, -0.1) is 0 Å². The highest BCUT2D eigenvalue weighted by Gasteiger charge is 2.10. The molecule has 0 radical (unpaired) electrons. The van der Waals surface area contributed by atoms with Gasteiger partial charge in [-0.05, 0) is 24.4 Å². The summed E-state index contributed by atoms with van der Waals surface area (Å²) in [5.41, 5.74) is 1.22. The first-order valence-electron chi connectivity index (χ1n) is 5.41. The van der Waals surface area contributed by atoms with Gasteiger partial charge < -0.3 is 10.6 Å². The van der Waals surface area contributed by atoms with Crippen LogP contribution >= 0.6 is 11.5 Å². The second kappa shape index (κ2) is 6.21. The van der Waals surface area contributed by atoms with Crippen molar-refractivity contribution in [1.29, 1.82) is 5.26 Å². The van der Waals surface area contributed by atoms with Gasteiger partial charge in [0.15, 0.2) is 0 Å². The molecule has 5 nitrogen and oxygen atoms in total. The molecule has 0 aromatic carbocycles. The van der Waals surface area contributed by atoms with E-state index in [1.165, 1.54) is 11.5 Å². The van der Waals surface area contributed by atoms with Gasteiger partial charge in [-0.25, -0.2) is 0 Å². The molecule has 0 fully saturated rings. The number of aryl methyl sites for hydroxylation is 1. The lowest BCUT2D eigenvalue weighted by atomic mass is 10.2. The van der Waals surface area contributed by atoms with Crippen molar-refractivity contribution >= 4 is 22.4 Å². The highest BCUT2D eigenvalue weighted by atomic mass is 32.1. The first-order valence-corrected chi connectivity index (χ1v) is 6.19. The van der Waals surface area contributed by atoms with Crippen LogP contribution < -0.4 is 10.6 Å². The zero-order chi connectivity index (χ0) is 12.8. The minimum atomic E-state index is -0.0753. The van der Waals surface area contributed by atoms with E-state index in [1.54, 1.807) is 6.92 Å². The van der Waals surface area contributed by atoms with Crippen LogP contribution in [0.5, 0.6) is 0 Å². The standard InChI is InChI=1S/C11H16N4OS/c1-7(2)5-13-10(16)6-14-11-9(4-12)8(3)15-17-11/h7,14H,5-6H2,1-3H3,(H,13,16). The fourth-order valence-electron chi connectivity index (χ4n) is 1.16. The van der Waals surface area contributed by atoms with E-state index in [-0.39, 0.29) is 12.5 Å². The molecule has 0 atom stereocenters. The van der Waals surface area contributed by atoms with E-state index in [0.29, 0.717) is 28.7 Å². The van der Waals surface area contributed by atoms with Crippen LogP contribution in [-0.2, 0) is 4.79 Å². The maximum absolute atomic E-state index is 11.5. The third-order valence-corrected chi connectivity index (χ3v) is 2.99. The van der Waals surface area contributed by atoms with Crippen LogP contribution in [0.25, 0.3) is 0 Å². The molecule has 0 aliphatic rings. The largest absolute Gasteiger partial charge is 0.366 e. The van der Waals surface area contributed by atoms with Crippen molar-refractivity contribution in [2.45, 2.75) is 20.8 Å². The third kappa shape index (κ3) is 4.04. The molecule has 0 saturated carbocycles. The first kappa shape index (κ1) is 13.5. The zero-order valence-corrected chi connectivity index (χ0v) is 11.0. The average Bonchev–Trinajstić information content (AvgIpc) is 2.64. The number of nitriles is 1. The van der Waals surface area contributed by atoms with Crippen LogP contribution in [0.1, 0.15) is 25.1 Å². The highest BCUT2D eigenvalue weighted by molar-refractivity contribution is 7.10. The van der Waals surface area contributed by atoms with Crippen molar-refractivity contribution in [3.8, 4) is 6.07 Å². The van der Waals surface area contributed by atoms with E-state index >= 15 is 0 Å². The smallest absolute Gasteiger partial charge is 0.239 e. The Morgan fingerprint density at radius 3 is 2.88 bits per heavy atom. The molecule has 1 aromatic heterocycles. The summed E-state index contributed by atoms with van der Waals surface area (Å²) in [5, 5.41) is 15.3. The molecule has 0 saturated heterocycles. The predicted octanol–water partition coefficient (Wildman–Crippen LogP) is 1.51. The summed E-state index contributed by atoms with van der Waals surface area (Å²) in [6.45, 7) is 6.68. The Labute approximate surface area is 105 Å². The van der Waals surface area contributed by atoms with E-state index in [2.05, 4.69) is 21.1 Å². The van der Waals surface area contributed by atoms with Crippen LogP contribution in [0.4, 0.5) is 5.00 Å². The van der Waals surface area contributed by atoms with Gasteiger partial charge in [0.1, 0.15) is 16.6 Å². The van der Waals surface area contributed by atoms with Crippen molar-refractivity contribution in [1.82, 2.24) is 9.69 Å². The number of carbonyl (C=O) groups excluding carboxylic acids is 1. The van der Waals surface area contributed by atoms with Crippen LogP contribution in [0.2, 0.25) is 0 Å². The number of hydrogen-bond donors (Lipinski definition) is 2. The number of carbonyl (C=O) groups is 1. The first-order chi connectivity index (χ1) is 8.04. The Balaban J connectivity index is 2.45. The van der Waals surface area contributed by atoms with Crippen molar-refractivity contribution in [2.75, 3.05) is 18.4 Å². The van der Waals surface area contributed by atoms with Crippen molar-refractivity contribution < 1.29 is 4.79 Å². The van der Waals surface area contributed by atoms with Gasteiger partial charge >= 0.3 is 0 Å². The minimum Gasteiger partial charge on any atom is -0.366 e. The Morgan fingerprint density at radius 2 is 2.29 bits per heavy atom. The lowest BCUT2D eigenvalue weighted by Gasteiger charge is -2.08. The normalized spacial score (nSPS) is 10.1. The van der Waals surface area contributed by atoms with Crippen LogP contribution in [0.15, 0.2) is 0 Å². The molecule has 0 aliphatic carbocycles. The molecule has 1 aromatic rings. The highest BCUT2D eigenvalue weighted by Crippen LogP contribution is 2.22. The lowest BCUT2D eigenvalue weighted by molar-refractivity contribution is -0.119. The van der Waals surface area contributed by atoms with Gasteiger partial charge in [0.05, 0.1) is 12.2 Å². The molecule has 1 amide bonds. The fourth-order valence-corrected chi connectivity index (χ4v) is 1.90. The van der Waals surface area contributed by atoms with Crippen LogP contribution in [0, 0.1) is 24.2 Å². The van der Waals surface area contributed by atoms with Crippen LogP contribution in [0.3, 0.4) is 0 Å². The maximum atomic E-state index is 11.5. The molecule has 0 bridgehead atoms. The maximum Gasteiger partial charge on any atom is 0.239 e. The molecule has 0 spiro atoms. The third-order valence-electron chi connectivity index (χ3n) is 2.09. The molecule has 1 rings (SSSR count). The van der Waals surface area contributed by atoms with Gasteiger partial charge in [-0.2, -0.15) is 9.64 Å². The molecule has 17 heavy (non-hydrogen) atoms. The number of nitrogens with one attached hydrogen (secondary N) is 2. The molecular weight excluding hydrogens is 236 g/mol. The molecule has 0 unspecified atom stereocenters. The van der Waals surface area contributed by atoms with Gasteiger partial charge in [0, 0.05) is 6.54 Å². The molecular formula is C11H16N4OS. The van der Waals surface area contributed by atoms with Gasteiger partial charge in [0.2, 0.25) is 5.91 Å². The van der Waals surface area contributed by atoms with Gasteiger partial charge in [0.25, 0.3) is 0 Å². The summed E-state index contributed by atoms with van der Waals surface area (Å²) in [4.78, 5) is 11.5. The van der Waals surface area contributed by atoms with E-state index in [4.69, 9.17) is 5.26 Å². The van der Waals surface area contributed by atoms with E-state index in [9.17, 15) is 4.79 Å². The number of nitrogens with zero attached hydrogens (tertiary/aromatic N) is 2. The Kier molecular flexibility index (Phi) is 4.91. The molecule has 2 N–H and O–H groups in total. The predicted molar refractivity (Wildman–Crippen MR) is 67.9 cm³/mol. The zero-order valence-electron chi connectivity index (χ0n) is 10.2. The van der Waals surface area contributed by atoms with Crippen LogP contribution in [-0.4, -0.2) is 23.4 Å². The second-order valence-corrected chi connectivity index (χ2v) is 4.91. The Bertz CT molecular complexity index is 433. The monoisotopic (exact) mass is 252 g/mol. The van der Waals surface area contributed by atoms with E-state index in [1.807, 2.05) is 13.8 Å². The molecule has 1 heterocycles. The van der Waals surface area contributed by atoms with E-state index < -0.39 is 0 Å². The SMILES string of the molecule is Cc1nsc(NCC(=O)NCC(C)C)c1C#N. The summed E-state index contributed by atoms with van der Waals surface area (Å²) >= 11 is 1.20. The molecule has 92 valence electrons. The molecule has 0 aliphatic heterocycles. The summed E-state index contributed by atoms with van der Waals surface area (Å²) < 4.78 is 4.06. The number of rotatable bonds is 5. The van der Waals surface area contributed by atoms with Crippen molar-refractivity contribution in [2.24, 2.45) is 5.92 Å². The summed E-state index contributed by atoms with van der Waals surface area (Å²) in [6, 6.07) is 2.07. The number of amides is 1.